The van der Waals surface area contributed by atoms with Gasteiger partial charge in [-0.05, 0) is 54.3 Å². The highest BCUT2D eigenvalue weighted by Gasteiger charge is 2.09. The number of benzene rings is 2. The van der Waals surface area contributed by atoms with Crippen molar-refractivity contribution in [2.24, 2.45) is 5.73 Å². The first-order chi connectivity index (χ1) is 8.56. The minimum absolute atomic E-state index is 0.105. The van der Waals surface area contributed by atoms with Crippen molar-refractivity contribution in [1.82, 2.24) is 0 Å². The largest absolute Gasteiger partial charge is 0.324 e. The number of halogens is 2. The van der Waals surface area contributed by atoms with Gasteiger partial charge in [0.25, 0.3) is 0 Å². The van der Waals surface area contributed by atoms with E-state index < -0.39 is 0 Å². The molecule has 2 N–H and O–H groups in total. The Morgan fingerprint density at radius 1 is 1.17 bits per heavy atom. The molecule has 0 heterocycles. The number of aryl methyl sites for hydroxylation is 1. The standard InChI is InChI=1S/C15H15ClFN/c1-10-8-14(17)7-4-12(10)9-15(18)11-2-5-13(16)6-3-11/h2-8,15H,9,18H2,1H3. The van der Waals surface area contributed by atoms with Crippen LogP contribution in [-0.2, 0) is 6.42 Å². The molecule has 1 nitrogen and oxygen atoms in total. The summed E-state index contributed by atoms with van der Waals surface area (Å²) in [5.74, 6) is -0.212. The van der Waals surface area contributed by atoms with Crippen LogP contribution in [-0.4, -0.2) is 0 Å². The van der Waals surface area contributed by atoms with Gasteiger partial charge in [-0.1, -0.05) is 29.8 Å². The van der Waals surface area contributed by atoms with E-state index in [4.69, 9.17) is 17.3 Å². The summed E-state index contributed by atoms with van der Waals surface area (Å²) in [6.45, 7) is 1.90. The molecule has 0 bridgehead atoms. The molecule has 0 saturated heterocycles. The third-order valence-corrected chi connectivity index (χ3v) is 3.29. The van der Waals surface area contributed by atoms with E-state index in [9.17, 15) is 4.39 Å². The van der Waals surface area contributed by atoms with Crippen LogP contribution >= 0.6 is 11.6 Å². The highest BCUT2D eigenvalue weighted by atomic mass is 35.5. The van der Waals surface area contributed by atoms with Crippen LogP contribution < -0.4 is 5.73 Å². The Morgan fingerprint density at radius 3 is 2.44 bits per heavy atom. The van der Waals surface area contributed by atoms with Crippen molar-refractivity contribution in [2.75, 3.05) is 0 Å². The van der Waals surface area contributed by atoms with Gasteiger partial charge in [0, 0.05) is 11.1 Å². The summed E-state index contributed by atoms with van der Waals surface area (Å²) in [5, 5.41) is 0.698. The van der Waals surface area contributed by atoms with Crippen molar-refractivity contribution in [3.05, 3.63) is 70.0 Å². The Morgan fingerprint density at radius 2 is 1.83 bits per heavy atom. The first kappa shape index (κ1) is 13.1. The quantitative estimate of drug-likeness (QED) is 0.889. The Kier molecular flexibility index (Phi) is 4.00. The summed E-state index contributed by atoms with van der Waals surface area (Å²) in [6.07, 6.45) is 0.688. The molecule has 1 unspecified atom stereocenters. The Balaban J connectivity index is 2.15. The van der Waals surface area contributed by atoms with Gasteiger partial charge in [0.05, 0.1) is 0 Å². The first-order valence-electron chi connectivity index (χ1n) is 5.82. The second kappa shape index (κ2) is 5.51. The van der Waals surface area contributed by atoms with E-state index in [1.54, 1.807) is 6.07 Å². The van der Waals surface area contributed by atoms with E-state index in [0.29, 0.717) is 11.4 Å². The van der Waals surface area contributed by atoms with Crippen LogP contribution in [0, 0.1) is 12.7 Å². The molecule has 0 amide bonds. The molecular formula is C15H15ClFN. The van der Waals surface area contributed by atoms with Crippen molar-refractivity contribution in [1.29, 1.82) is 0 Å². The number of nitrogens with two attached hydrogens (primary N) is 1. The molecule has 0 radical (unpaired) electrons. The number of rotatable bonds is 3. The van der Waals surface area contributed by atoms with Crippen LogP contribution in [0.2, 0.25) is 5.02 Å². The zero-order chi connectivity index (χ0) is 13.1. The molecular weight excluding hydrogens is 249 g/mol. The summed E-state index contributed by atoms with van der Waals surface area (Å²) in [6, 6.07) is 12.2. The molecule has 0 aliphatic rings. The lowest BCUT2D eigenvalue weighted by Crippen LogP contribution is -2.13. The molecule has 0 saturated carbocycles. The molecule has 94 valence electrons. The van der Waals surface area contributed by atoms with E-state index in [0.717, 1.165) is 16.7 Å². The molecule has 2 aromatic rings. The van der Waals surface area contributed by atoms with E-state index in [-0.39, 0.29) is 11.9 Å². The average Bonchev–Trinajstić information content (AvgIpc) is 2.33. The maximum atomic E-state index is 13.0. The van der Waals surface area contributed by atoms with E-state index in [1.165, 1.54) is 12.1 Å². The molecule has 18 heavy (non-hydrogen) atoms. The van der Waals surface area contributed by atoms with Gasteiger partial charge in [-0.25, -0.2) is 4.39 Å². The molecule has 0 aliphatic heterocycles. The highest BCUT2D eigenvalue weighted by molar-refractivity contribution is 6.30. The van der Waals surface area contributed by atoms with Gasteiger partial charge in [-0.2, -0.15) is 0 Å². The average molecular weight is 264 g/mol. The van der Waals surface area contributed by atoms with E-state index >= 15 is 0 Å². The van der Waals surface area contributed by atoms with Crippen LogP contribution in [0.25, 0.3) is 0 Å². The molecule has 2 aromatic carbocycles. The predicted octanol–water partition coefficient (Wildman–Crippen LogP) is 4.03. The molecule has 2 rings (SSSR count). The summed E-state index contributed by atoms with van der Waals surface area (Å²) in [4.78, 5) is 0. The second-order valence-corrected chi connectivity index (χ2v) is 4.87. The van der Waals surface area contributed by atoms with Gasteiger partial charge in [-0.3, -0.25) is 0 Å². The minimum atomic E-state index is -0.212. The SMILES string of the molecule is Cc1cc(F)ccc1CC(N)c1ccc(Cl)cc1. The van der Waals surface area contributed by atoms with Crippen molar-refractivity contribution >= 4 is 11.6 Å². The van der Waals surface area contributed by atoms with Gasteiger partial charge in [-0.15, -0.1) is 0 Å². The third-order valence-electron chi connectivity index (χ3n) is 3.04. The Labute approximate surface area is 111 Å². The molecule has 1 atom stereocenters. The lowest BCUT2D eigenvalue weighted by Gasteiger charge is -2.14. The fourth-order valence-electron chi connectivity index (χ4n) is 1.95. The molecule has 0 aromatic heterocycles. The summed E-state index contributed by atoms with van der Waals surface area (Å²) >= 11 is 5.84. The monoisotopic (exact) mass is 263 g/mol. The fourth-order valence-corrected chi connectivity index (χ4v) is 2.08. The molecule has 0 fully saturated rings. The Bertz CT molecular complexity index is 537. The number of hydrogen-bond donors (Lipinski definition) is 1. The molecule has 0 aliphatic carbocycles. The van der Waals surface area contributed by atoms with Gasteiger partial charge >= 0.3 is 0 Å². The highest BCUT2D eigenvalue weighted by Crippen LogP contribution is 2.20. The lowest BCUT2D eigenvalue weighted by atomic mass is 9.97. The van der Waals surface area contributed by atoms with Crippen molar-refractivity contribution in [2.45, 2.75) is 19.4 Å². The topological polar surface area (TPSA) is 26.0 Å². The predicted molar refractivity (Wildman–Crippen MR) is 73.2 cm³/mol. The molecule has 3 heteroatoms. The normalized spacial score (nSPS) is 12.4. The maximum Gasteiger partial charge on any atom is 0.123 e. The van der Waals surface area contributed by atoms with Crippen molar-refractivity contribution in [3.63, 3.8) is 0 Å². The smallest absolute Gasteiger partial charge is 0.123 e. The maximum absolute atomic E-state index is 13.0. The van der Waals surface area contributed by atoms with Crippen LogP contribution in [0.15, 0.2) is 42.5 Å². The zero-order valence-electron chi connectivity index (χ0n) is 10.2. The summed E-state index contributed by atoms with van der Waals surface area (Å²) < 4.78 is 13.0. The van der Waals surface area contributed by atoms with Gasteiger partial charge in [0.1, 0.15) is 5.82 Å². The first-order valence-corrected chi connectivity index (χ1v) is 6.20. The van der Waals surface area contributed by atoms with Crippen LogP contribution in [0.5, 0.6) is 0 Å². The number of hydrogen-bond acceptors (Lipinski definition) is 1. The van der Waals surface area contributed by atoms with Gasteiger partial charge in [0.15, 0.2) is 0 Å². The van der Waals surface area contributed by atoms with E-state index in [1.807, 2.05) is 31.2 Å². The van der Waals surface area contributed by atoms with Crippen molar-refractivity contribution in [3.8, 4) is 0 Å². The van der Waals surface area contributed by atoms with Gasteiger partial charge in [0.2, 0.25) is 0 Å². The van der Waals surface area contributed by atoms with Gasteiger partial charge < -0.3 is 5.73 Å². The Hall–Kier alpha value is -1.38. The lowest BCUT2D eigenvalue weighted by molar-refractivity contribution is 0.624. The van der Waals surface area contributed by atoms with Crippen LogP contribution in [0.3, 0.4) is 0 Å². The second-order valence-electron chi connectivity index (χ2n) is 4.43. The van der Waals surface area contributed by atoms with Crippen molar-refractivity contribution < 1.29 is 4.39 Å². The van der Waals surface area contributed by atoms with E-state index in [2.05, 4.69) is 0 Å². The van der Waals surface area contributed by atoms with Crippen LogP contribution in [0.4, 0.5) is 4.39 Å². The summed E-state index contributed by atoms with van der Waals surface area (Å²) in [7, 11) is 0. The minimum Gasteiger partial charge on any atom is -0.324 e. The van der Waals surface area contributed by atoms with Crippen LogP contribution in [0.1, 0.15) is 22.7 Å². The molecule has 0 spiro atoms. The zero-order valence-corrected chi connectivity index (χ0v) is 10.9. The fraction of sp³-hybridized carbons (Fsp3) is 0.200. The summed E-state index contributed by atoms with van der Waals surface area (Å²) in [5.41, 5.74) is 9.18. The third kappa shape index (κ3) is 3.09.